The van der Waals surface area contributed by atoms with Gasteiger partial charge in [0.2, 0.25) is 0 Å². The lowest BCUT2D eigenvalue weighted by Gasteiger charge is -2.26. The Hall–Kier alpha value is -2.16. The SMILES string of the molecule is Cc1nnc(CN=C(NCCCN2CCOCC2)NCCc2ccccc2Cl)n1C. The van der Waals surface area contributed by atoms with Crippen molar-refractivity contribution in [2.75, 3.05) is 45.9 Å². The van der Waals surface area contributed by atoms with Crippen molar-refractivity contribution in [3.8, 4) is 0 Å². The topological polar surface area (TPSA) is 79.6 Å². The number of hydrogen-bond acceptors (Lipinski definition) is 5. The second-order valence-electron chi connectivity index (χ2n) is 7.39. The van der Waals surface area contributed by atoms with Crippen LogP contribution in [0.25, 0.3) is 0 Å². The molecule has 0 spiro atoms. The van der Waals surface area contributed by atoms with Crippen LogP contribution in [0.15, 0.2) is 29.3 Å². The van der Waals surface area contributed by atoms with E-state index in [1.807, 2.05) is 36.7 Å². The highest BCUT2D eigenvalue weighted by Crippen LogP contribution is 2.14. The van der Waals surface area contributed by atoms with E-state index in [0.717, 1.165) is 87.0 Å². The normalized spacial score (nSPS) is 15.4. The van der Waals surface area contributed by atoms with Crippen molar-refractivity contribution in [1.29, 1.82) is 0 Å². The number of nitrogens with one attached hydrogen (secondary N) is 2. The van der Waals surface area contributed by atoms with Gasteiger partial charge in [-0.25, -0.2) is 4.99 Å². The molecule has 0 aliphatic carbocycles. The van der Waals surface area contributed by atoms with E-state index >= 15 is 0 Å². The van der Waals surface area contributed by atoms with Crippen LogP contribution in [0.2, 0.25) is 5.02 Å². The summed E-state index contributed by atoms with van der Waals surface area (Å²) in [6.45, 7) is 8.78. The summed E-state index contributed by atoms with van der Waals surface area (Å²) in [7, 11) is 1.96. The Kier molecular flexibility index (Phi) is 8.92. The van der Waals surface area contributed by atoms with Gasteiger partial charge in [-0.3, -0.25) is 4.90 Å². The molecule has 8 nitrogen and oxygen atoms in total. The van der Waals surface area contributed by atoms with Gasteiger partial charge in [0.15, 0.2) is 11.8 Å². The summed E-state index contributed by atoms with van der Waals surface area (Å²) < 4.78 is 7.37. The highest BCUT2D eigenvalue weighted by Gasteiger charge is 2.10. The van der Waals surface area contributed by atoms with Gasteiger partial charge in [0.25, 0.3) is 0 Å². The van der Waals surface area contributed by atoms with Crippen LogP contribution in [0, 0.1) is 6.92 Å². The fourth-order valence-corrected chi connectivity index (χ4v) is 3.49. The van der Waals surface area contributed by atoms with Crippen molar-refractivity contribution in [2.45, 2.75) is 26.3 Å². The third kappa shape index (κ3) is 6.97. The minimum atomic E-state index is 0.474. The number of guanidine groups is 1. The second-order valence-corrected chi connectivity index (χ2v) is 7.80. The number of aromatic nitrogens is 3. The van der Waals surface area contributed by atoms with Crippen molar-refractivity contribution in [3.63, 3.8) is 0 Å². The number of morpholine rings is 1. The average molecular weight is 434 g/mol. The molecule has 3 rings (SSSR count). The average Bonchev–Trinajstić information content (AvgIpc) is 3.08. The molecule has 1 aromatic carbocycles. The number of rotatable bonds is 9. The van der Waals surface area contributed by atoms with E-state index in [-0.39, 0.29) is 0 Å². The molecule has 0 bridgehead atoms. The molecule has 2 N–H and O–H groups in total. The molecule has 1 saturated heterocycles. The second kappa shape index (κ2) is 11.9. The molecular weight excluding hydrogens is 402 g/mol. The number of nitrogens with zero attached hydrogens (tertiary/aromatic N) is 5. The molecule has 1 fully saturated rings. The number of hydrogen-bond donors (Lipinski definition) is 2. The van der Waals surface area contributed by atoms with E-state index in [0.29, 0.717) is 6.54 Å². The number of aryl methyl sites for hydroxylation is 1. The monoisotopic (exact) mass is 433 g/mol. The lowest BCUT2D eigenvalue weighted by atomic mass is 10.1. The molecule has 0 saturated carbocycles. The van der Waals surface area contributed by atoms with Crippen molar-refractivity contribution in [1.82, 2.24) is 30.3 Å². The Morgan fingerprint density at radius 1 is 1.17 bits per heavy atom. The number of ether oxygens (including phenoxy) is 1. The van der Waals surface area contributed by atoms with Crippen molar-refractivity contribution in [2.24, 2.45) is 12.0 Å². The van der Waals surface area contributed by atoms with E-state index in [2.05, 4.69) is 31.8 Å². The van der Waals surface area contributed by atoms with Gasteiger partial charge in [-0.2, -0.15) is 0 Å². The summed E-state index contributed by atoms with van der Waals surface area (Å²) in [6, 6.07) is 7.94. The van der Waals surface area contributed by atoms with Gasteiger partial charge in [-0.05, 0) is 37.9 Å². The van der Waals surface area contributed by atoms with Crippen LogP contribution in [0.5, 0.6) is 0 Å². The quantitative estimate of drug-likeness (QED) is 0.356. The molecule has 0 unspecified atom stereocenters. The van der Waals surface area contributed by atoms with Crippen LogP contribution in [0.4, 0.5) is 0 Å². The Bertz CT molecular complexity index is 817. The minimum Gasteiger partial charge on any atom is -0.379 e. The zero-order chi connectivity index (χ0) is 21.2. The Balaban J connectivity index is 1.51. The van der Waals surface area contributed by atoms with Crippen LogP contribution >= 0.6 is 11.6 Å². The first-order valence-electron chi connectivity index (χ1n) is 10.5. The highest BCUT2D eigenvalue weighted by molar-refractivity contribution is 6.31. The first kappa shape index (κ1) is 22.5. The predicted octanol–water partition coefficient (Wildman–Crippen LogP) is 1.78. The van der Waals surface area contributed by atoms with Gasteiger partial charge in [-0.1, -0.05) is 29.8 Å². The van der Waals surface area contributed by atoms with Crippen LogP contribution < -0.4 is 10.6 Å². The fourth-order valence-electron chi connectivity index (χ4n) is 3.26. The first-order chi connectivity index (χ1) is 14.6. The Morgan fingerprint density at radius 2 is 1.93 bits per heavy atom. The summed E-state index contributed by atoms with van der Waals surface area (Å²) in [5.74, 6) is 2.50. The molecule has 0 atom stereocenters. The van der Waals surface area contributed by atoms with Gasteiger partial charge in [0.05, 0.1) is 13.2 Å². The zero-order valence-electron chi connectivity index (χ0n) is 17.9. The van der Waals surface area contributed by atoms with Crippen LogP contribution in [-0.2, 0) is 24.8 Å². The van der Waals surface area contributed by atoms with Gasteiger partial charge in [-0.15, -0.1) is 10.2 Å². The number of halogens is 1. The molecule has 1 aliphatic heterocycles. The Labute approximate surface area is 183 Å². The van der Waals surface area contributed by atoms with Gasteiger partial charge in [0.1, 0.15) is 12.4 Å². The smallest absolute Gasteiger partial charge is 0.191 e. The molecule has 2 aromatic rings. The summed E-state index contributed by atoms with van der Waals surface area (Å²) in [5.41, 5.74) is 1.13. The minimum absolute atomic E-state index is 0.474. The van der Waals surface area contributed by atoms with E-state index < -0.39 is 0 Å². The van der Waals surface area contributed by atoms with E-state index in [1.54, 1.807) is 0 Å². The maximum Gasteiger partial charge on any atom is 0.191 e. The van der Waals surface area contributed by atoms with Gasteiger partial charge < -0.3 is 19.9 Å². The molecular formula is C21H32ClN7O. The first-order valence-corrected chi connectivity index (χ1v) is 10.9. The maximum absolute atomic E-state index is 6.27. The number of benzene rings is 1. The molecule has 30 heavy (non-hydrogen) atoms. The summed E-state index contributed by atoms with van der Waals surface area (Å²) in [6.07, 6.45) is 1.88. The molecule has 0 amide bonds. The molecule has 2 heterocycles. The molecule has 1 aromatic heterocycles. The third-order valence-corrected chi connectivity index (χ3v) is 5.62. The van der Waals surface area contributed by atoms with E-state index in [9.17, 15) is 0 Å². The van der Waals surface area contributed by atoms with E-state index in [4.69, 9.17) is 21.3 Å². The lowest BCUT2D eigenvalue weighted by molar-refractivity contribution is 0.0376. The lowest BCUT2D eigenvalue weighted by Crippen LogP contribution is -2.41. The van der Waals surface area contributed by atoms with Gasteiger partial charge >= 0.3 is 0 Å². The third-order valence-electron chi connectivity index (χ3n) is 5.25. The standard InChI is InChI=1S/C21H32ClN7O/c1-17-26-27-20(28(17)2)16-25-21(23-9-5-11-29-12-14-30-15-13-29)24-10-8-18-6-3-4-7-19(18)22/h3-4,6-7H,5,8-16H2,1-2H3,(H2,23,24,25). The maximum atomic E-state index is 6.27. The fraction of sp³-hybridized carbons (Fsp3) is 0.571. The highest BCUT2D eigenvalue weighted by atomic mass is 35.5. The molecule has 164 valence electrons. The summed E-state index contributed by atoms with van der Waals surface area (Å²) in [5, 5.41) is 16.0. The number of aliphatic imine (C=N–C) groups is 1. The van der Waals surface area contributed by atoms with Crippen molar-refractivity contribution in [3.05, 3.63) is 46.5 Å². The van der Waals surface area contributed by atoms with Crippen molar-refractivity contribution < 1.29 is 4.74 Å². The van der Waals surface area contributed by atoms with Crippen LogP contribution in [0.3, 0.4) is 0 Å². The van der Waals surface area contributed by atoms with Crippen molar-refractivity contribution >= 4 is 17.6 Å². The molecule has 9 heteroatoms. The largest absolute Gasteiger partial charge is 0.379 e. The summed E-state index contributed by atoms with van der Waals surface area (Å²) in [4.78, 5) is 7.15. The van der Waals surface area contributed by atoms with Gasteiger partial charge in [0, 0.05) is 38.2 Å². The summed E-state index contributed by atoms with van der Waals surface area (Å²) >= 11 is 6.27. The molecule has 1 aliphatic rings. The Morgan fingerprint density at radius 3 is 2.67 bits per heavy atom. The molecule has 0 radical (unpaired) electrons. The van der Waals surface area contributed by atoms with E-state index in [1.165, 1.54) is 0 Å². The van der Waals surface area contributed by atoms with Crippen LogP contribution in [-0.4, -0.2) is 71.6 Å². The van der Waals surface area contributed by atoms with Crippen LogP contribution in [0.1, 0.15) is 23.6 Å². The predicted molar refractivity (Wildman–Crippen MR) is 120 cm³/mol. The zero-order valence-corrected chi connectivity index (χ0v) is 18.7.